The summed E-state index contributed by atoms with van der Waals surface area (Å²) in [7, 11) is 2.69. The summed E-state index contributed by atoms with van der Waals surface area (Å²) >= 11 is 0. The predicted octanol–water partition coefficient (Wildman–Crippen LogP) is -0.354. The average Bonchev–Trinajstić information content (AvgIpc) is 2.29. The van der Waals surface area contributed by atoms with Crippen LogP contribution < -0.4 is 0 Å². The Bertz CT molecular complexity index is 342. The quantitative estimate of drug-likeness (QED) is 0.644. The first kappa shape index (κ1) is 9.15. The van der Waals surface area contributed by atoms with Crippen LogP contribution in [0.3, 0.4) is 0 Å². The number of hydrogen-bond donors (Lipinski definition) is 0. The van der Waals surface area contributed by atoms with Gasteiger partial charge in [0.2, 0.25) is 0 Å². The van der Waals surface area contributed by atoms with Crippen molar-refractivity contribution in [3.8, 4) is 0 Å². The van der Waals surface area contributed by atoms with E-state index in [2.05, 4.69) is 41.2 Å². The fourth-order valence-corrected chi connectivity index (χ4v) is 2.00. The van der Waals surface area contributed by atoms with Crippen molar-refractivity contribution in [3.05, 3.63) is 12.4 Å². The highest BCUT2D eigenvalue weighted by Gasteiger charge is 2.00. The third-order valence-electron chi connectivity index (χ3n) is 1.02. The van der Waals surface area contributed by atoms with Crippen molar-refractivity contribution in [2.45, 2.75) is 10.1 Å². The van der Waals surface area contributed by atoms with E-state index in [1.54, 1.807) is 0 Å². The van der Waals surface area contributed by atoms with Gasteiger partial charge in [-0.25, -0.2) is 0 Å². The lowest BCUT2D eigenvalue weighted by atomic mass is 10.9. The number of hydrogen-bond acceptors (Lipinski definition) is 10. The van der Waals surface area contributed by atoms with Gasteiger partial charge < -0.3 is 0 Å². The zero-order valence-corrected chi connectivity index (χ0v) is 8.18. The van der Waals surface area contributed by atoms with Crippen LogP contribution in [0.5, 0.6) is 0 Å². The number of rotatable bonds is 3. The molecule has 0 unspecified atom stereocenters. The SMILES string of the molecule is c1nnnnc1SSc1cnnnn1. The average molecular weight is 226 g/mol. The second-order valence-corrected chi connectivity index (χ2v) is 4.06. The molecule has 0 spiro atoms. The second kappa shape index (κ2) is 4.72. The Hall–Kier alpha value is -1.42. The first-order chi connectivity index (χ1) is 6.95. The minimum atomic E-state index is 0.642. The third-order valence-corrected chi connectivity index (χ3v) is 3.09. The molecule has 2 rings (SSSR count). The van der Waals surface area contributed by atoms with Gasteiger partial charge in [0.15, 0.2) is 10.1 Å². The van der Waals surface area contributed by atoms with Gasteiger partial charge in [-0.15, -0.1) is 20.4 Å². The monoisotopic (exact) mass is 226 g/mol. The van der Waals surface area contributed by atoms with Gasteiger partial charge in [0.25, 0.3) is 0 Å². The van der Waals surface area contributed by atoms with Gasteiger partial charge >= 0.3 is 0 Å². The molecule has 0 saturated carbocycles. The Labute approximate surface area is 85.7 Å². The minimum absolute atomic E-state index is 0.642. The Morgan fingerprint density at radius 1 is 0.714 bits per heavy atom. The van der Waals surface area contributed by atoms with Gasteiger partial charge in [-0.2, -0.15) is 0 Å². The second-order valence-electron chi connectivity index (χ2n) is 1.89. The lowest BCUT2D eigenvalue weighted by molar-refractivity contribution is 0.712. The molecule has 0 N–H and O–H groups in total. The maximum Gasteiger partial charge on any atom is 0.152 e. The Kier molecular flexibility index (Phi) is 3.08. The fraction of sp³-hybridized carbons (Fsp3) is 0. The van der Waals surface area contributed by atoms with E-state index < -0.39 is 0 Å². The van der Waals surface area contributed by atoms with E-state index in [0.29, 0.717) is 10.1 Å². The molecule has 0 bridgehead atoms. The van der Waals surface area contributed by atoms with Crippen molar-refractivity contribution >= 4 is 21.6 Å². The maximum atomic E-state index is 3.73. The summed E-state index contributed by atoms with van der Waals surface area (Å²) in [5, 5.41) is 29.3. The molecule has 0 fully saturated rings. The molecule has 0 radical (unpaired) electrons. The molecule has 0 saturated heterocycles. The van der Waals surface area contributed by atoms with E-state index >= 15 is 0 Å². The van der Waals surface area contributed by atoms with Gasteiger partial charge in [0.05, 0.1) is 12.4 Å². The highest BCUT2D eigenvalue weighted by molar-refractivity contribution is 8.76. The van der Waals surface area contributed by atoms with Crippen molar-refractivity contribution < 1.29 is 0 Å². The van der Waals surface area contributed by atoms with Crippen LogP contribution in [0.2, 0.25) is 0 Å². The molecule has 0 aliphatic rings. The van der Waals surface area contributed by atoms with E-state index in [1.165, 1.54) is 34.0 Å². The minimum Gasteiger partial charge on any atom is -0.134 e. The molecule has 0 amide bonds. The maximum absolute atomic E-state index is 3.73. The van der Waals surface area contributed by atoms with Crippen LogP contribution in [0.25, 0.3) is 0 Å². The first-order valence-electron chi connectivity index (χ1n) is 3.32. The third kappa shape index (κ3) is 2.53. The zero-order valence-electron chi connectivity index (χ0n) is 6.55. The molecule has 0 aliphatic carbocycles. The molecule has 10 heteroatoms. The van der Waals surface area contributed by atoms with E-state index in [1.807, 2.05) is 0 Å². The molecule has 2 aromatic rings. The van der Waals surface area contributed by atoms with Crippen LogP contribution in [-0.4, -0.2) is 41.2 Å². The summed E-state index contributed by atoms with van der Waals surface area (Å²) < 4.78 is 0. The molecule has 2 heterocycles. The Morgan fingerprint density at radius 2 is 1.21 bits per heavy atom. The number of nitrogens with zero attached hydrogens (tertiary/aromatic N) is 8. The molecule has 0 aromatic carbocycles. The van der Waals surface area contributed by atoms with Crippen molar-refractivity contribution in [2.75, 3.05) is 0 Å². The zero-order chi connectivity index (χ0) is 9.64. The summed E-state index contributed by atoms with van der Waals surface area (Å²) in [4.78, 5) is 0. The Balaban J connectivity index is 1.96. The van der Waals surface area contributed by atoms with Gasteiger partial charge in [-0.3, -0.25) is 0 Å². The molecule has 14 heavy (non-hydrogen) atoms. The van der Waals surface area contributed by atoms with Crippen LogP contribution in [0.4, 0.5) is 0 Å². The number of aromatic nitrogens is 8. The topological polar surface area (TPSA) is 103 Å². The van der Waals surface area contributed by atoms with Crippen LogP contribution in [0.1, 0.15) is 0 Å². The largest absolute Gasteiger partial charge is 0.152 e. The van der Waals surface area contributed by atoms with Crippen molar-refractivity contribution in [2.24, 2.45) is 0 Å². The van der Waals surface area contributed by atoms with E-state index in [-0.39, 0.29) is 0 Å². The van der Waals surface area contributed by atoms with E-state index in [0.717, 1.165) is 0 Å². The van der Waals surface area contributed by atoms with Gasteiger partial charge in [-0.1, -0.05) is 0 Å². The molecular formula is C4H2N8S2. The standard InChI is InChI=1S/C4H2N8S2/c1-3(7-11-9-5-1)13-14-4-2-6-10-12-8-4/h1-2H. The van der Waals surface area contributed by atoms with Crippen LogP contribution in [-0.2, 0) is 0 Å². The molecule has 0 aliphatic heterocycles. The van der Waals surface area contributed by atoms with Crippen molar-refractivity contribution in [3.63, 3.8) is 0 Å². The summed E-state index contributed by atoms with van der Waals surface area (Å²) in [6.45, 7) is 0. The lowest BCUT2D eigenvalue weighted by Gasteiger charge is -1.94. The predicted molar refractivity (Wildman–Crippen MR) is 47.0 cm³/mol. The van der Waals surface area contributed by atoms with E-state index in [4.69, 9.17) is 0 Å². The molecule has 2 aromatic heterocycles. The highest BCUT2D eigenvalue weighted by atomic mass is 33.1. The van der Waals surface area contributed by atoms with Gasteiger partial charge in [0.1, 0.15) is 0 Å². The van der Waals surface area contributed by atoms with Crippen molar-refractivity contribution in [1.82, 2.24) is 41.2 Å². The normalized spacial score (nSPS) is 10.0. The summed E-state index contributed by atoms with van der Waals surface area (Å²) in [6, 6.07) is 0. The lowest BCUT2D eigenvalue weighted by Crippen LogP contribution is -1.92. The van der Waals surface area contributed by atoms with Crippen LogP contribution in [0, 0.1) is 0 Å². The summed E-state index contributed by atoms with van der Waals surface area (Å²) in [5.41, 5.74) is 0. The van der Waals surface area contributed by atoms with E-state index in [9.17, 15) is 0 Å². The fourth-order valence-electron chi connectivity index (χ4n) is 0.538. The summed E-state index contributed by atoms with van der Waals surface area (Å²) in [6.07, 6.45) is 3.01. The van der Waals surface area contributed by atoms with Crippen LogP contribution >= 0.6 is 21.6 Å². The molecule has 70 valence electrons. The molecule has 8 nitrogen and oxygen atoms in total. The molecular weight excluding hydrogens is 224 g/mol. The summed E-state index contributed by atoms with van der Waals surface area (Å²) in [5.74, 6) is 0. The highest BCUT2D eigenvalue weighted by Crippen LogP contribution is 2.33. The first-order valence-corrected chi connectivity index (χ1v) is 5.47. The van der Waals surface area contributed by atoms with Gasteiger partial charge in [-0.05, 0) is 42.4 Å². The smallest absolute Gasteiger partial charge is 0.134 e. The van der Waals surface area contributed by atoms with Crippen molar-refractivity contribution in [1.29, 1.82) is 0 Å². The molecule has 0 atom stereocenters. The van der Waals surface area contributed by atoms with Crippen LogP contribution in [0.15, 0.2) is 22.4 Å². The van der Waals surface area contributed by atoms with Gasteiger partial charge in [0, 0.05) is 0 Å². The Morgan fingerprint density at radius 3 is 1.57 bits per heavy atom.